The number of hydrogen-bond acceptors (Lipinski definition) is 6. The van der Waals surface area contributed by atoms with Crippen LogP contribution in [0.4, 0.5) is 5.69 Å². The molecule has 0 unspecified atom stereocenters. The molecule has 0 saturated carbocycles. The zero-order valence-electron chi connectivity index (χ0n) is 15.9. The fourth-order valence-corrected chi connectivity index (χ4v) is 2.63. The second-order valence-electron chi connectivity index (χ2n) is 5.77. The molecule has 2 rings (SSSR count). The Bertz CT molecular complexity index is 807. The standard InChI is InChI=1S/C20H24N2O5/c1-13(16-11-14(25-3)9-10-18(16)26-4)22-19(23)12-27-20(24)15-7-5-6-8-17(15)21-2/h5-11,13,21H,12H2,1-4H3,(H,22,23)/t13-/m0/s1. The van der Waals surface area contributed by atoms with Crippen LogP contribution in [0.15, 0.2) is 42.5 Å². The Morgan fingerprint density at radius 2 is 1.81 bits per heavy atom. The van der Waals surface area contributed by atoms with Crippen LogP contribution in [0.3, 0.4) is 0 Å². The average molecular weight is 372 g/mol. The van der Waals surface area contributed by atoms with Crippen LogP contribution in [0.1, 0.15) is 28.9 Å². The minimum atomic E-state index is -0.568. The predicted molar refractivity (Wildman–Crippen MR) is 102 cm³/mol. The highest BCUT2D eigenvalue weighted by Gasteiger charge is 2.17. The van der Waals surface area contributed by atoms with E-state index >= 15 is 0 Å². The summed E-state index contributed by atoms with van der Waals surface area (Å²) in [7, 11) is 4.83. The maximum Gasteiger partial charge on any atom is 0.340 e. The molecule has 0 heterocycles. The molecule has 1 atom stereocenters. The number of methoxy groups -OCH3 is 2. The highest BCUT2D eigenvalue weighted by Crippen LogP contribution is 2.29. The Balaban J connectivity index is 1.98. The van der Waals surface area contributed by atoms with Crippen molar-refractivity contribution in [2.75, 3.05) is 33.2 Å². The fraction of sp³-hybridized carbons (Fsp3) is 0.300. The lowest BCUT2D eigenvalue weighted by atomic mass is 10.1. The number of hydrogen-bond donors (Lipinski definition) is 2. The summed E-state index contributed by atoms with van der Waals surface area (Å²) in [6.45, 7) is 1.43. The van der Waals surface area contributed by atoms with Crippen molar-refractivity contribution in [3.8, 4) is 11.5 Å². The second kappa shape index (κ2) is 9.47. The van der Waals surface area contributed by atoms with Crippen LogP contribution in [0.25, 0.3) is 0 Å². The zero-order chi connectivity index (χ0) is 19.8. The lowest BCUT2D eigenvalue weighted by Crippen LogP contribution is -2.31. The molecule has 7 heteroatoms. The van der Waals surface area contributed by atoms with Gasteiger partial charge in [-0.2, -0.15) is 0 Å². The number of anilines is 1. The molecule has 0 aliphatic heterocycles. The Labute approximate surface area is 158 Å². The van der Waals surface area contributed by atoms with Crippen molar-refractivity contribution in [1.82, 2.24) is 5.32 Å². The van der Waals surface area contributed by atoms with Crippen LogP contribution in [0.5, 0.6) is 11.5 Å². The van der Waals surface area contributed by atoms with Crippen molar-refractivity contribution < 1.29 is 23.8 Å². The van der Waals surface area contributed by atoms with Gasteiger partial charge in [0.2, 0.25) is 0 Å². The van der Waals surface area contributed by atoms with Gasteiger partial charge in [-0.25, -0.2) is 4.79 Å². The summed E-state index contributed by atoms with van der Waals surface area (Å²) in [6, 6.07) is 11.9. The molecule has 7 nitrogen and oxygen atoms in total. The zero-order valence-corrected chi connectivity index (χ0v) is 15.9. The number of amides is 1. The maximum atomic E-state index is 12.2. The van der Waals surface area contributed by atoms with Crippen molar-refractivity contribution in [3.05, 3.63) is 53.6 Å². The van der Waals surface area contributed by atoms with E-state index in [2.05, 4.69) is 10.6 Å². The van der Waals surface area contributed by atoms with Crippen LogP contribution in [-0.4, -0.2) is 39.8 Å². The van der Waals surface area contributed by atoms with Gasteiger partial charge < -0.3 is 24.8 Å². The molecule has 0 aliphatic carbocycles. The third kappa shape index (κ3) is 5.13. The molecule has 2 aromatic rings. The summed E-state index contributed by atoms with van der Waals surface area (Å²) >= 11 is 0. The highest BCUT2D eigenvalue weighted by molar-refractivity contribution is 5.96. The van der Waals surface area contributed by atoms with Gasteiger partial charge in [-0.1, -0.05) is 12.1 Å². The van der Waals surface area contributed by atoms with Crippen LogP contribution < -0.4 is 20.1 Å². The third-order valence-electron chi connectivity index (χ3n) is 4.03. The van der Waals surface area contributed by atoms with E-state index in [0.29, 0.717) is 22.7 Å². The van der Waals surface area contributed by atoms with Gasteiger partial charge in [-0.3, -0.25) is 4.79 Å². The average Bonchev–Trinajstić information content (AvgIpc) is 2.71. The minimum Gasteiger partial charge on any atom is -0.497 e. The van der Waals surface area contributed by atoms with Gasteiger partial charge >= 0.3 is 5.97 Å². The Hall–Kier alpha value is -3.22. The first kappa shape index (κ1) is 20.1. The van der Waals surface area contributed by atoms with Crippen molar-refractivity contribution in [3.63, 3.8) is 0 Å². The first-order chi connectivity index (χ1) is 13.0. The predicted octanol–water partition coefficient (Wildman–Crippen LogP) is 2.78. The molecule has 1 amide bonds. The molecule has 0 radical (unpaired) electrons. The molecule has 2 N–H and O–H groups in total. The van der Waals surface area contributed by atoms with E-state index in [4.69, 9.17) is 14.2 Å². The number of para-hydroxylation sites is 1. The molecule has 0 bridgehead atoms. The molecule has 0 fully saturated rings. The SMILES string of the molecule is CNc1ccccc1C(=O)OCC(=O)N[C@@H](C)c1cc(OC)ccc1OC. The van der Waals surface area contributed by atoms with Crippen molar-refractivity contribution in [2.45, 2.75) is 13.0 Å². The largest absolute Gasteiger partial charge is 0.497 e. The number of carbonyl (C=O) groups is 2. The van der Waals surface area contributed by atoms with Crippen molar-refractivity contribution >= 4 is 17.6 Å². The quantitative estimate of drug-likeness (QED) is 0.693. The van der Waals surface area contributed by atoms with Gasteiger partial charge in [0.05, 0.1) is 25.8 Å². The maximum absolute atomic E-state index is 12.2. The Kier molecular flexibility index (Phi) is 7.05. The van der Waals surface area contributed by atoms with Gasteiger partial charge in [0, 0.05) is 18.3 Å². The van der Waals surface area contributed by atoms with Gasteiger partial charge in [0.15, 0.2) is 6.61 Å². The lowest BCUT2D eigenvalue weighted by Gasteiger charge is -2.18. The summed E-state index contributed by atoms with van der Waals surface area (Å²) in [5.41, 5.74) is 1.77. The number of carbonyl (C=O) groups excluding carboxylic acids is 2. The topological polar surface area (TPSA) is 85.9 Å². The van der Waals surface area contributed by atoms with E-state index in [1.54, 1.807) is 63.7 Å². The van der Waals surface area contributed by atoms with E-state index in [1.165, 1.54) is 0 Å². The van der Waals surface area contributed by atoms with Crippen LogP contribution in [0, 0.1) is 0 Å². The van der Waals surface area contributed by atoms with Gasteiger partial charge in [0.25, 0.3) is 5.91 Å². The Morgan fingerprint density at radius 1 is 1.07 bits per heavy atom. The minimum absolute atomic E-state index is 0.356. The normalized spacial score (nSPS) is 11.3. The van der Waals surface area contributed by atoms with Crippen molar-refractivity contribution in [2.24, 2.45) is 0 Å². The molecule has 2 aromatic carbocycles. The van der Waals surface area contributed by atoms with E-state index in [1.807, 2.05) is 6.92 Å². The number of nitrogens with one attached hydrogen (secondary N) is 2. The first-order valence-electron chi connectivity index (χ1n) is 8.45. The van der Waals surface area contributed by atoms with E-state index in [9.17, 15) is 9.59 Å². The van der Waals surface area contributed by atoms with E-state index in [-0.39, 0.29) is 12.6 Å². The van der Waals surface area contributed by atoms with E-state index in [0.717, 1.165) is 5.56 Å². The van der Waals surface area contributed by atoms with Gasteiger partial charge in [-0.15, -0.1) is 0 Å². The van der Waals surface area contributed by atoms with Gasteiger partial charge in [0.1, 0.15) is 11.5 Å². The van der Waals surface area contributed by atoms with Crippen LogP contribution in [-0.2, 0) is 9.53 Å². The second-order valence-corrected chi connectivity index (χ2v) is 5.77. The summed E-state index contributed by atoms with van der Waals surface area (Å²) < 4.78 is 15.7. The highest BCUT2D eigenvalue weighted by atomic mass is 16.5. The number of ether oxygens (including phenoxy) is 3. The van der Waals surface area contributed by atoms with Crippen LogP contribution >= 0.6 is 0 Å². The molecule has 0 aliphatic rings. The summed E-state index contributed by atoms with van der Waals surface area (Å²) in [4.78, 5) is 24.4. The molecule has 0 spiro atoms. The molecular formula is C20H24N2O5. The summed E-state index contributed by atoms with van der Waals surface area (Å²) in [5.74, 6) is 0.301. The fourth-order valence-electron chi connectivity index (χ4n) is 2.63. The number of benzene rings is 2. The third-order valence-corrected chi connectivity index (χ3v) is 4.03. The Morgan fingerprint density at radius 3 is 2.48 bits per heavy atom. The first-order valence-corrected chi connectivity index (χ1v) is 8.45. The molecule has 144 valence electrons. The molecule has 0 aromatic heterocycles. The van der Waals surface area contributed by atoms with Crippen molar-refractivity contribution in [1.29, 1.82) is 0 Å². The summed E-state index contributed by atoms with van der Waals surface area (Å²) in [5, 5.41) is 5.70. The smallest absolute Gasteiger partial charge is 0.340 e. The summed E-state index contributed by atoms with van der Waals surface area (Å²) in [6.07, 6.45) is 0. The monoisotopic (exact) mass is 372 g/mol. The van der Waals surface area contributed by atoms with Crippen LogP contribution in [0.2, 0.25) is 0 Å². The van der Waals surface area contributed by atoms with E-state index < -0.39 is 11.9 Å². The number of rotatable bonds is 8. The molecule has 27 heavy (non-hydrogen) atoms. The number of esters is 1. The lowest BCUT2D eigenvalue weighted by molar-refractivity contribution is -0.124. The molecular weight excluding hydrogens is 348 g/mol. The van der Waals surface area contributed by atoms with Gasteiger partial charge in [-0.05, 0) is 37.3 Å². The molecule has 0 saturated heterocycles.